The number of rotatable bonds is 17. The van der Waals surface area contributed by atoms with Gasteiger partial charge in [-0.3, -0.25) is 33.6 Å². The highest BCUT2D eigenvalue weighted by Crippen LogP contribution is 2.42. The Kier molecular flexibility index (Phi) is 16.8. The number of carbonyl (C=O) groups is 7. The second-order valence-corrected chi connectivity index (χ2v) is 15.3. The third-order valence-electron chi connectivity index (χ3n) is 10.1. The van der Waals surface area contributed by atoms with E-state index in [0.717, 1.165) is 53.7 Å². The van der Waals surface area contributed by atoms with E-state index in [-0.39, 0.29) is 45.3 Å². The summed E-state index contributed by atoms with van der Waals surface area (Å²) in [7, 11) is 2.60. The first-order chi connectivity index (χ1) is 31.6. The molecular weight excluding hydrogens is 896 g/mol. The molecule has 23 heteroatoms. The predicted molar refractivity (Wildman–Crippen MR) is 221 cm³/mol. The van der Waals surface area contributed by atoms with E-state index < -0.39 is 134 Å². The molecule has 1 aromatic heterocycles. The van der Waals surface area contributed by atoms with Gasteiger partial charge in [0.05, 0.1) is 20.1 Å². The summed E-state index contributed by atoms with van der Waals surface area (Å²) in [5, 5.41) is 21.3. The number of esters is 6. The molecule has 2 unspecified atom stereocenters. The summed E-state index contributed by atoms with van der Waals surface area (Å²) in [4.78, 5) is 101. The van der Waals surface area contributed by atoms with Gasteiger partial charge in [0, 0.05) is 71.7 Å². The van der Waals surface area contributed by atoms with Crippen LogP contribution in [0.1, 0.15) is 54.9 Å². The van der Waals surface area contributed by atoms with Gasteiger partial charge in [-0.05, 0) is 19.1 Å². The minimum absolute atomic E-state index is 0.00918. The van der Waals surface area contributed by atoms with Crippen LogP contribution < -0.4 is 19.6 Å². The highest BCUT2D eigenvalue weighted by molar-refractivity contribution is 5.86. The molecule has 3 aromatic rings. The lowest BCUT2D eigenvalue weighted by molar-refractivity contribution is -0.350. The normalized spacial score (nSPS) is 24.6. The van der Waals surface area contributed by atoms with Gasteiger partial charge >= 0.3 is 35.8 Å². The fraction of sp³-hybridized carbons (Fsp3) is 0.500. The summed E-state index contributed by atoms with van der Waals surface area (Å²) in [6.45, 7) is 6.20. The Morgan fingerprint density at radius 2 is 1.10 bits per heavy atom. The van der Waals surface area contributed by atoms with Gasteiger partial charge in [-0.2, -0.15) is 0 Å². The first-order valence-corrected chi connectivity index (χ1v) is 20.4. The molecule has 2 saturated heterocycles. The second kappa shape index (κ2) is 22.0. The maximum atomic E-state index is 13.4. The Morgan fingerprint density at radius 3 is 1.63 bits per heavy atom. The summed E-state index contributed by atoms with van der Waals surface area (Å²) >= 11 is 0. The van der Waals surface area contributed by atoms with E-state index in [1.807, 2.05) is 0 Å². The van der Waals surface area contributed by atoms with Gasteiger partial charge in [0.1, 0.15) is 71.6 Å². The van der Waals surface area contributed by atoms with Crippen LogP contribution >= 0.6 is 0 Å². The summed E-state index contributed by atoms with van der Waals surface area (Å²) in [5.41, 5.74) is -0.665. The second-order valence-electron chi connectivity index (χ2n) is 15.3. The van der Waals surface area contributed by atoms with Crippen molar-refractivity contribution in [3.63, 3.8) is 0 Å². The molecule has 2 aliphatic heterocycles. The number of aromatic hydroxyl groups is 2. The van der Waals surface area contributed by atoms with Crippen molar-refractivity contribution < 1.29 is 105 Å². The minimum Gasteiger partial charge on any atom is -0.507 e. The summed E-state index contributed by atoms with van der Waals surface area (Å²) < 4.78 is 74.6. The number of fused-ring (bicyclic) bond motifs is 1. The van der Waals surface area contributed by atoms with Crippen LogP contribution in [0.4, 0.5) is 0 Å². The Bertz CT molecular complexity index is 2400. The van der Waals surface area contributed by atoms with Gasteiger partial charge in [0.25, 0.3) is 0 Å². The fourth-order valence-electron chi connectivity index (χ4n) is 7.54. The van der Waals surface area contributed by atoms with Crippen molar-refractivity contribution in [2.75, 3.05) is 27.4 Å². The standard InChI is InChI=1S/C44H50O23/c1-18(45)10-27-38(59-21(4)48)39(67-44-42(62-24(7)51)41(61-23(6)50)40(60-22(5)49)35(66-44)17-58-20(3)47)34(16-57-19(2)46)65-43(27)63-26-13-28(52)36-29(53)15-30(64-31(36)14-26)25-11-32(55-8)37(54)33(12-25)56-9/h11-15,27,34-35,38-44,52,54H,10,16-17H2,1-9H3/t27-,34-,35-,38-,39-,40-,41+,42-,43?,44?/m1/s1. The van der Waals surface area contributed by atoms with Crippen LogP contribution in [0.25, 0.3) is 22.3 Å². The number of phenols is 2. The van der Waals surface area contributed by atoms with Crippen molar-refractivity contribution in [2.45, 2.75) is 110 Å². The highest BCUT2D eigenvalue weighted by atomic mass is 16.8. The van der Waals surface area contributed by atoms with Gasteiger partial charge in [0.15, 0.2) is 41.5 Å². The predicted octanol–water partition coefficient (Wildman–Crippen LogP) is 2.55. The maximum Gasteiger partial charge on any atom is 0.303 e. The average Bonchev–Trinajstić information content (AvgIpc) is 3.22. The van der Waals surface area contributed by atoms with E-state index in [2.05, 4.69) is 0 Å². The number of hydrogen-bond donors (Lipinski definition) is 2. The Hall–Kier alpha value is -6.98. The van der Waals surface area contributed by atoms with E-state index in [4.69, 9.17) is 61.3 Å². The molecule has 10 atom stereocenters. The number of benzene rings is 2. The lowest BCUT2D eigenvalue weighted by Crippen LogP contribution is -2.66. The highest BCUT2D eigenvalue weighted by Gasteiger charge is 2.57. The lowest BCUT2D eigenvalue weighted by atomic mass is 9.86. The zero-order chi connectivity index (χ0) is 49.4. The van der Waals surface area contributed by atoms with Crippen LogP contribution in [0.2, 0.25) is 0 Å². The number of ether oxygens (including phenoxy) is 12. The maximum absolute atomic E-state index is 13.4. The first kappa shape index (κ1) is 51.0. The molecule has 2 aromatic carbocycles. The number of hydrogen-bond acceptors (Lipinski definition) is 23. The van der Waals surface area contributed by atoms with Crippen LogP contribution in [0.3, 0.4) is 0 Å². The van der Waals surface area contributed by atoms with Crippen molar-refractivity contribution in [1.82, 2.24) is 0 Å². The van der Waals surface area contributed by atoms with Crippen molar-refractivity contribution in [3.8, 4) is 40.1 Å². The Morgan fingerprint density at radius 1 is 0.597 bits per heavy atom. The Labute approximate surface area is 381 Å². The molecule has 0 aliphatic carbocycles. The number of phenolic OH excluding ortho intramolecular Hbond substituents is 2. The molecule has 0 radical (unpaired) electrons. The molecule has 0 spiro atoms. The molecule has 67 heavy (non-hydrogen) atoms. The monoisotopic (exact) mass is 946 g/mol. The van der Waals surface area contributed by atoms with Crippen molar-refractivity contribution in [2.24, 2.45) is 5.92 Å². The van der Waals surface area contributed by atoms with E-state index in [0.29, 0.717) is 0 Å². The van der Waals surface area contributed by atoms with Crippen LogP contribution in [0.5, 0.6) is 28.7 Å². The largest absolute Gasteiger partial charge is 0.507 e. The van der Waals surface area contributed by atoms with Gasteiger partial charge in [0.2, 0.25) is 12.0 Å². The van der Waals surface area contributed by atoms with Crippen LogP contribution in [-0.4, -0.2) is 135 Å². The topological polar surface area (TPSA) is 301 Å². The molecule has 0 bridgehead atoms. The van der Waals surface area contributed by atoms with Gasteiger partial charge < -0.3 is 76.3 Å². The SMILES string of the molecule is COc1cc(-c2cc(=O)c3c(O)cc(OC4O[C@H](COC(C)=O)[C@@H](OC5O[C@H](COC(C)=O)[C@@H](OC(C)=O)[C@H](OC(C)=O)[C@H]5OC(C)=O)[C@H](OC(C)=O)[C@H]4CC(C)=O)cc3o2)cc(OC)c1O. The number of carbonyl (C=O) groups excluding carboxylic acids is 7. The molecule has 5 rings (SSSR count). The molecule has 23 nitrogen and oxygen atoms in total. The van der Waals surface area contributed by atoms with Gasteiger partial charge in [-0.25, -0.2) is 0 Å². The summed E-state index contributed by atoms with van der Waals surface area (Å²) in [6.07, 6.45) is -15.2. The number of ketones is 1. The first-order valence-electron chi connectivity index (χ1n) is 20.4. The molecule has 3 heterocycles. The van der Waals surface area contributed by atoms with Gasteiger partial charge in [-0.1, -0.05) is 0 Å². The fourth-order valence-corrected chi connectivity index (χ4v) is 7.54. The minimum atomic E-state index is -1.87. The number of Topliss-reactive ketones (excluding diaryl/α,β-unsaturated/α-hetero) is 1. The van der Waals surface area contributed by atoms with Crippen molar-refractivity contribution in [3.05, 3.63) is 40.6 Å². The lowest BCUT2D eigenvalue weighted by Gasteiger charge is -2.49. The van der Waals surface area contributed by atoms with Gasteiger partial charge in [-0.15, -0.1) is 0 Å². The number of methoxy groups -OCH3 is 2. The zero-order valence-electron chi connectivity index (χ0n) is 37.7. The van der Waals surface area contributed by atoms with E-state index in [1.54, 1.807) is 0 Å². The van der Waals surface area contributed by atoms with Crippen LogP contribution in [0, 0.1) is 5.92 Å². The molecule has 2 fully saturated rings. The van der Waals surface area contributed by atoms with Crippen molar-refractivity contribution >= 4 is 52.6 Å². The quantitative estimate of drug-likeness (QED) is 0.145. The summed E-state index contributed by atoms with van der Waals surface area (Å²) in [6, 6.07) is 6.13. The molecule has 364 valence electrons. The Balaban J connectivity index is 1.62. The molecule has 2 N–H and O–H groups in total. The average molecular weight is 947 g/mol. The van der Waals surface area contributed by atoms with Crippen LogP contribution in [0.15, 0.2) is 39.5 Å². The molecular formula is C44H50O23. The van der Waals surface area contributed by atoms with E-state index >= 15 is 0 Å². The van der Waals surface area contributed by atoms with Crippen molar-refractivity contribution in [1.29, 1.82) is 0 Å². The molecule has 2 aliphatic rings. The van der Waals surface area contributed by atoms with E-state index in [1.165, 1.54) is 39.3 Å². The molecule has 0 saturated carbocycles. The smallest absolute Gasteiger partial charge is 0.303 e. The van der Waals surface area contributed by atoms with E-state index in [9.17, 15) is 48.6 Å². The third kappa shape index (κ3) is 12.7. The summed E-state index contributed by atoms with van der Waals surface area (Å²) in [5.74, 6) is -8.31. The third-order valence-corrected chi connectivity index (χ3v) is 10.1. The van der Waals surface area contributed by atoms with Crippen LogP contribution in [-0.2, 0) is 76.2 Å². The zero-order valence-corrected chi connectivity index (χ0v) is 37.7. The molecule has 0 amide bonds.